The van der Waals surface area contributed by atoms with Crippen molar-refractivity contribution in [1.82, 2.24) is 10.3 Å². The van der Waals surface area contributed by atoms with Crippen molar-refractivity contribution in [3.8, 4) is 0 Å². The molecule has 132 valence electrons. The van der Waals surface area contributed by atoms with Crippen molar-refractivity contribution in [2.75, 3.05) is 6.67 Å². The van der Waals surface area contributed by atoms with Crippen LogP contribution in [0, 0.1) is 5.95 Å². The summed E-state index contributed by atoms with van der Waals surface area (Å²) in [6.07, 6.45) is -9.33. The van der Waals surface area contributed by atoms with Crippen molar-refractivity contribution in [2.45, 2.75) is 24.2 Å². The Balaban J connectivity index is 2.59. The molecule has 6 nitrogen and oxygen atoms in total. The van der Waals surface area contributed by atoms with Gasteiger partial charge in [0.05, 0.1) is 0 Å². The number of halogens is 6. The van der Waals surface area contributed by atoms with Crippen LogP contribution in [0.3, 0.4) is 0 Å². The van der Waals surface area contributed by atoms with Gasteiger partial charge in [0, 0.05) is 22.7 Å². The van der Waals surface area contributed by atoms with Crippen LogP contribution in [0.1, 0.15) is 12.0 Å². The standard InChI is InChI=1S/C12H9BrF5N3O3/c13-5-1-6(8(15)19-3-5)11(4-14)2-7(12(16,17)18)24-9(21-11)20-10(22)23/h1,3,7H,2,4H2,(H,20,21)(H,22,23)/t7-,11+/m0/s1. The minimum absolute atomic E-state index is 0.185. The molecular formula is C12H9BrF5N3O3. The van der Waals surface area contributed by atoms with E-state index in [9.17, 15) is 26.7 Å². The highest BCUT2D eigenvalue weighted by atomic mass is 79.9. The van der Waals surface area contributed by atoms with Gasteiger partial charge >= 0.3 is 12.3 Å². The zero-order chi connectivity index (χ0) is 18.1. The van der Waals surface area contributed by atoms with Gasteiger partial charge < -0.3 is 9.84 Å². The fourth-order valence-corrected chi connectivity index (χ4v) is 2.49. The van der Waals surface area contributed by atoms with Crippen LogP contribution in [0.2, 0.25) is 0 Å². The second kappa shape index (κ2) is 6.49. The van der Waals surface area contributed by atoms with Crippen LogP contribution in [0.25, 0.3) is 0 Å². The van der Waals surface area contributed by atoms with Crippen molar-refractivity contribution >= 4 is 28.0 Å². The van der Waals surface area contributed by atoms with Crippen LogP contribution in [-0.2, 0) is 10.3 Å². The zero-order valence-corrected chi connectivity index (χ0v) is 13.2. The highest BCUT2D eigenvalue weighted by Crippen LogP contribution is 2.41. The van der Waals surface area contributed by atoms with Gasteiger partial charge in [-0.1, -0.05) is 0 Å². The Morgan fingerprint density at radius 1 is 1.54 bits per heavy atom. The minimum atomic E-state index is -4.95. The maximum Gasteiger partial charge on any atom is 0.425 e. The molecule has 1 aliphatic rings. The molecule has 0 radical (unpaired) electrons. The predicted molar refractivity (Wildman–Crippen MR) is 73.7 cm³/mol. The monoisotopic (exact) mass is 417 g/mol. The number of amidine groups is 1. The molecule has 2 rings (SSSR count). The molecule has 0 bridgehead atoms. The van der Waals surface area contributed by atoms with Crippen molar-refractivity contribution < 1.29 is 36.6 Å². The molecule has 24 heavy (non-hydrogen) atoms. The van der Waals surface area contributed by atoms with Crippen LogP contribution in [0.5, 0.6) is 0 Å². The van der Waals surface area contributed by atoms with E-state index < -0.39 is 54.5 Å². The Morgan fingerprint density at radius 3 is 2.75 bits per heavy atom. The maximum absolute atomic E-state index is 14.0. The minimum Gasteiger partial charge on any atom is -0.465 e. The topological polar surface area (TPSA) is 83.8 Å². The molecule has 2 atom stereocenters. The van der Waals surface area contributed by atoms with E-state index in [2.05, 4.69) is 30.6 Å². The lowest BCUT2D eigenvalue weighted by molar-refractivity contribution is -0.209. The van der Waals surface area contributed by atoms with Crippen LogP contribution in [0.15, 0.2) is 21.7 Å². The number of aromatic nitrogens is 1. The Kier molecular flexibility index (Phi) is 4.97. The lowest BCUT2D eigenvalue weighted by Gasteiger charge is -2.36. The lowest BCUT2D eigenvalue weighted by Crippen LogP contribution is -2.50. The van der Waals surface area contributed by atoms with Crippen molar-refractivity contribution in [2.24, 2.45) is 4.99 Å². The van der Waals surface area contributed by atoms with Crippen LogP contribution < -0.4 is 5.32 Å². The van der Waals surface area contributed by atoms with Gasteiger partial charge in [0.2, 0.25) is 5.95 Å². The number of nitrogens with one attached hydrogen (secondary N) is 1. The molecule has 2 heterocycles. The molecule has 0 fully saturated rings. The van der Waals surface area contributed by atoms with E-state index in [0.717, 1.165) is 12.3 Å². The largest absolute Gasteiger partial charge is 0.465 e. The Morgan fingerprint density at radius 2 is 2.21 bits per heavy atom. The molecule has 1 aromatic heterocycles. The molecular weight excluding hydrogens is 409 g/mol. The summed E-state index contributed by atoms with van der Waals surface area (Å²) in [6.45, 7) is -1.53. The second-order valence-corrected chi connectivity index (χ2v) is 5.77. The number of aliphatic imine (C=N–C) groups is 1. The Bertz CT molecular complexity index is 684. The number of amides is 1. The molecule has 0 aliphatic carbocycles. The highest BCUT2D eigenvalue weighted by Gasteiger charge is 2.52. The quantitative estimate of drug-likeness (QED) is 0.571. The fraction of sp³-hybridized carbons (Fsp3) is 0.417. The normalized spacial score (nSPS) is 24.1. The number of nitrogens with zero attached hydrogens (tertiary/aromatic N) is 2. The van der Waals surface area contributed by atoms with E-state index in [-0.39, 0.29) is 4.47 Å². The van der Waals surface area contributed by atoms with Gasteiger partial charge in [0.1, 0.15) is 12.2 Å². The number of rotatable bonds is 2. The van der Waals surface area contributed by atoms with E-state index in [1.54, 1.807) is 0 Å². The number of alkyl halides is 4. The number of pyridine rings is 1. The summed E-state index contributed by atoms with van der Waals surface area (Å²) in [7, 11) is 0. The first-order valence-corrected chi connectivity index (χ1v) is 7.07. The zero-order valence-electron chi connectivity index (χ0n) is 11.6. The number of carboxylic acid groups (broad SMARTS) is 1. The van der Waals surface area contributed by atoms with Crippen LogP contribution in [-0.4, -0.2) is 41.2 Å². The number of hydrogen-bond acceptors (Lipinski definition) is 4. The Hall–Kier alpha value is -1.98. The number of hydrogen-bond donors (Lipinski definition) is 2. The van der Waals surface area contributed by atoms with Gasteiger partial charge in [-0.2, -0.15) is 17.6 Å². The van der Waals surface area contributed by atoms with E-state index in [1.165, 1.54) is 5.32 Å². The van der Waals surface area contributed by atoms with E-state index in [1.807, 2.05) is 0 Å². The average Bonchev–Trinajstić information content (AvgIpc) is 2.47. The smallest absolute Gasteiger partial charge is 0.425 e. The van der Waals surface area contributed by atoms with Crippen LogP contribution >= 0.6 is 15.9 Å². The lowest BCUT2D eigenvalue weighted by atomic mass is 9.86. The van der Waals surface area contributed by atoms with E-state index in [0.29, 0.717) is 0 Å². The molecule has 2 N–H and O–H groups in total. The SMILES string of the molecule is O=C(O)NC1=N[C@](CF)(c2cc(Br)cnc2F)C[C@@H](C(F)(F)F)O1. The summed E-state index contributed by atoms with van der Waals surface area (Å²) in [5.41, 5.74) is -2.89. The highest BCUT2D eigenvalue weighted by molar-refractivity contribution is 9.10. The summed E-state index contributed by atoms with van der Waals surface area (Å²) >= 11 is 2.96. The first-order chi connectivity index (χ1) is 11.1. The third kappa shape index (κ3) is 3.74. The predicted octanol–water partition coefficient (Wildman–Crippen LogP) is 3.12. The summed E-state index contributed by atoms with van der Waals surface area (Å²) < 4.78 is 71.4. The van der Waals surface area contributed by atoms with Crippen molar-refractivity contribution in [3.05, 3.63) is 28.2 Å². The maximum atomic E-state index is 14.0. The van der Waals surface area contributed by atoms with E-state index >= 15 is 0 Å². The molecule has 0 saturated carbocycles. The summed E-state index contributed by atoms with van der Waals surface area (Å²) in [4.78, 5) is 17.5. The molecule has 0 aromatic carbocycles. The molecule has 0 saturated heterocycles. The first-order valence-electron chi connectivity index (χ1n) is 6.28. The van der Waals surface area contributed by atoms with Gasteiger partial charge in [-0.15, -0.1) is 0 Å². The molecule has 1 aliphatic heterocycles. The van der Waals surface area contributed by atoms with E-state index in [4.69, 9.17) is 5.11 Å². The Labute approximate surface area is 139 Å². The third-order valence-electron chi connectivity index (χ3n) is 3.20. The molecule has 0 unspecified atom stereocenters. The van der Waals surface area contributed by atoms with Gasteiger partial charge in [-0.25, -0.2) is 24.5 Å². The van der Waals surface area contributed by atoms with Crippen molar-refractivity contribution in [1.29, 1.82) is 0 Å². The molecule has 0 spiro atoms. The first kappa shape index (κ1) is 18.4. The second-order valence-electron chi connectivity index (χ2n) is 4.86. The third-order valence-corrected chi connectivity index (χ3v) is 3.63. The summed E-state index contributed by atoms with van der Waals surface area (Å²) in [5.74, 6) is -1.22. The molecule has 12 heteroatoms. The van der Waals surface area contributed by atoms with Crippen LogP contribution in [0.4, 0.5) is 26.7 Å². The molecule has 1 amide bonds. The molecule has 1 aromatic rings. The number of ether oxygens (including phenoxy) is 1. The summed E-state index contributed by atoms with van der Waals surface area (Å²) in [6, 6.07) is -0.0455. The van der Waals surface area contributed by atoms with Gasteiger partial charge in [0.25, 0.3) is 6.02 Å². The van der Waals surface area contributed by atoms with Gasteiger partial charge in [-0.3, -0.25) is 0 Å². The number of carbonyl (C=O) groups is 1. The van der Waals surface area contributed by atoms with Gasteiger partial charge in [-0.05, 0) is 22.0 Å². The van der Waals surface area contributed by atoms with Gasteiger partial charge in [0.15, 0.2) is 6.10 Å². The summed E-state index contributed by atoms with van der Waals surface area (Å²) in [5, 5.41) is 10.1. The fourth-order valence-electron chi connectivity index (χ4n) is 2.16. The van der Waals surface area contributed by atoms with Crippen molar-refractivity contribution in [3.63, 3.8) is 0 Å². The average molecular weight is 418 g/mol.